The Morgan fingerprint density at radius 3 is 2.32 bits per heavy atom. The summed E-state index contributed by atoms with van der Waals surface area (Å²) in [7, 11) is -3.80. The van der Waals surface area contributed by atoms with Crippen LogP contribution in [0.3, 0.4) is 0 Å². The molecule has 1 aliphatic heterocycles. The number of nitrogens with one attached hydrogen (secondary N) is 1. The lowest BCUT2D eigenvalue weighted by molar-refractivity contribution is -0.121. The summed E-state index contributed by atoms with van der Waals surface area (Å²) in [5.41, 5.74) is 6.20. The quantitative estimate of drug-likeness (QED) is 0.646. The van der Waals surface area contributed by atoms with E-state index in [-0.39, 0.29) is 29.2 Å². The molecule has 0 bridgehead atoms. The topological polar surface area (TPSA) is 110 Å². The van der Waals surface area contributed by atoms with Gasteiger partial charge in [-0.15, -0.1) is 0 Å². The number of piperidine rings is 1. The zero-order chi connectivity index (χ0) is 22.4. The zero-order valence-electron chi connectivity index (χ0n) is 17.1. The van der Waals surface area contributed by atoms with Gasteiger partial charge in [0.1, 0.15) is 5.82 Å². The van der Waals surface area contributed by atoms with Gasteiger partial charge >= 0.3 is 0 Å². The molecule has 1 fully saturated rings. The average molecular weight is 448 g/mol. The standard InChI is InChI=1S/C22H26FN3O4S/c23-18-10-8-16(9-11-18)14-17(21(24)27)15-25-22(28)19-6-2-3-7-20(19)31(29,30)26-12-4-1-5-13-26/h2-3,6-11,17H,1,4-5,12-15H2,(H2,24,27)(H,25,28). The van der Waals surface area contributed by atoms with Crippen molar-refractivity contribution in [3.63, 3.8) is 0 Å². The van der Waals surface area contributed by atoms with E-state index in [4.69, 9.17) is 5.73 Å². The molecular weight excluding hydrogens is 421 g/mol. The molecule has 0 saturated carbocycles. The predicted octanol–water partition coefficient (Wildman–Crippen LogP) is 2.07. The van der Waals surface area contributed by atoms with Gasteiger partial charge in [0.05, 0.1) is 16.4 Å². The summed E-state index contributed by atoms with van der Waals surface area (Å²) in [5.74, 6) is -2.32. The van der Waals surface area contributed by atoms with Gasteiger partial charge in [-0.2, -0.15) is 4.31 Å². The largest absolute Gasteiger partial charge is 0.369 e. The highest BCUT2D eigenvalue weighted by Gasteiger charge is 2.30. The van der Waals surface area contributed by atoms with Crippen LogP contribution in [-0.2, 0) is 21.2 Å². The van der Waals surface area contributed by atoms with Crippen LogP contribution in [0.5, 0.6) is 0 Å². The van der Waals surface area contributed by atoms with Crippen molar-refractivity contribution in [3.05, 3.63) is 65.5 Å². The van der Waals surface area contributed by atoms with Gasteiger partial charge < -0.3 is 11.1 Å². The first-order chi connectivity index (χ1) is 14.8. The van der Waals surface area contributed by atoms with Gasteiger partial charge in [0.25, 0.3) is 5.91 Å². The highest BCUT2D eigenvalue weighted by Crippen LogP contribution is 2.23. The fourth-order valence-electron chi connectivity index (χ4n) is 3.61. The number of amides is 2. The fourth-order valence-corrected chi connectivity index (χ4v) is 5.32. The molecule has 0 aliphatic carbocycles. The van der Waals surface area contributed by atoms with Crippen LogP contribution in [0, 0.1) is 11.7 Å². The molecule has 9 heteroatoms. The predicted molar refractivity (Wildman–Crippen MR) is 114 cm³/mol. The molecule has 1 atom stereocenters. The molecule has 3 N–H and O–H groups in total. The number of hydrogen-bond acceptors (Lipinski definition) is 4. The van der Waals surface area contributed by atoms with E-state index in [2.05, 4.69) is 5.32 Å². The first kappa shape index (κ1) is 22.9. The minimum atomic E-state index is -3.80. The molecule has 2 aromatic carbocycles. The molecule has 0 aromatic heterocycles. The van der Waals surface area contributed by atoms with Gasteiger partial charge in [0.2, 0.25) is 15.9 Å². The van der Waals surface area contributed by atoms with E-state index in [1.807, 2.05) is 0 Å². The van der Waals surface area contributed by atoms with Crippen molar-refractivity contribution in [3.8, 4) is 0 Å². The number of sulfonamides is 1. The molecule has 1 unspecified atom stereocenters. The number of carbonyl (C=O) groups excluding carboxylic acids is 2. The lowest BCUT2D eigenvalue weighted by Crippen LogP contribution is -2.39. The van der Waals surface area contributed by atoms with Crippen LogP contribution in [0.2, 0.25) is 0 Å². The van der Waals surface area contributed by atoms with Gasteiger partial charge in [-0.25, -0.2) is 12.8 Å². The molecule has 1 saturated heterocycles. The van der Waals surface area contributed by atoms with Crippen molar-refractivity contribution in [1.82, 2.24) is 9.62 Å². The molecule has 0 radical (unpaired) electrons. The maximum absolute atomic E-state index is 13.1. The number of hydrogen-bond donors (Lipinski definition) is 2. The monoisotopic (exact) mass is 447 g/mol. The summed E-state index contributed by atoms with van der Waals surface area (Å²) < 4.78 is 40.6. The van der Waals surface area contributed by atoms with Crippen LogP contribution < -0.4 is 11.1 Å². The summed E-state index contributed by atoms with van der Waals surface area (Å²) in [6.45, 7) is 0.795. The third kappa shape index (κ3) is 5.68. The second-order valence-electron chi connectivity index (χ2n) is 7.60. The highest BCUT2D eigenvalue weighted by molar-refractivity contribution is 7.89. The summed E-state index contributed by atoms with van der Waals surface area (Å²) in [6.07, 6.45) is 2.79. The fraction of sp³-hybridized carbons (Fsp3) is 0.364. The van der Waals surface area contributed by atoms with E-state index in [1.54, 1.807) is 24.3 Å². The Morgan fingerprint density at radius 2 is 1.68 bits per heavy atom. The molecular formula is C22H26FN3O4S. The Hall–Kier alpha value is -2.78. The molecule has 1 heterocycles. The zero-order valence-corrected chi connectivity index (χ0v) is 17.9. The summed E-state index contributed by atoms with van der Waals surface area (Å²) in [6, 6.07) is 11.7. The molecule has 0 spiro atoms. The van der Waals surface area contributed by atoms with E-state index >= 15 is 0 Å². The van der Waals surface area contributed by atoms with Crippen molar-refractivity contribution in [2.75, 3.05) is 19.6 Å². The van der Waals surface area contributed by atoms with Crippen molar-refractivity contribution in [1.29, 1.82) is 0 Å². The van der Waals surface area contributed by atoms with E-state index in [9.17, 15) is 22.4 Å². The third-order valence-electron chi connectivity index (χ3n) is 5.37. The first-order valence-electron chi connectivity index (χ1n) is 10.2. The van der Waals surface area contributed by atoms with Gasteiger partial charge in [-0.1, -0.05) is 30.7 Å². The van der Waals surface area contributed by atoms with Crippen LogP contribution in [0.4, 0.5) is 4.39 Å². The summed E-state index contributed by atoms with van der Waals surface area (Å²) >= 11 is 0. The Morgan fingerprint density at radius 1 is 1.03 bits per heavy atom. The van der Waals surface area contributed by atoms with Crippen molar-refractivity contribution >= 4 is 21.8 Å². The van der Waals surface area contributed by atoms with Gasteiger partial charge in [-0.05, 0) is 49.1 Å². The number of carbonyl (C=O) groups is 2. The smallest absolute Gasteiger partial charge is 0.252 e. The number of nitrogens with two attached hydrogens (primary N) is 1. The van der Waals surface area contributed by atoms with Crippen molar-refractivity contribution in [2.45, 2.75) is 30.6 Å². The van der Waals surface area contributed by atoms with Gasteiger partial charge in [0, 0.05) is 19.6 Å². The maximum atomic E-state index is 13.1. The minimum absolute atomic E-state index is 0.0260. The molecule has 2 aromatic rings. The third-order valence-corrected chi connectivity index (χ3v) is 7.33. The second-order valence-corrected chi connectivity index (χ2v) is 9.51. The number of primary amides is 1. The number of nitrogens with zero attached hydrogens (tertiary/aromatic N) is 1. The maximum Gasteiger partial charge on any atom is 0.252 e. The van der Waals surface area contributed by atoms with E-state index < -0.39 is 27.8 Å². The molecule has 7 nitrogen and oxygen atoms in total. The van der Waals surface area contributed by atoms with Crippen LogP contribution in [-0.4, -0.2) is 44.2 Å². The summed E-state index contributed by atoms with van der Waals surface area (Å²) in [4.78, 5) is 24.6. The molecule has 1 aliphatic rings. The van der Waals surface area contributed by atoms with Crippen molar-refractivity contribution in [2.24, 2.45) is 11.7 Å². The normalized spacial score (nSPS) is 15.9. The average Bonchev–Trinajstić information content (AvgIpc) is 2.78. The number of halogens is 1. The van der Waals surface area contributed by atoms with E-state index in [0.717, 1.165) is 19.3 Å². The molecule has 166 valence electrons. The van der Waals surface area contributed by atoms with E-state index in [1.165, 1.54) is 28.6 Å². The Bertz CT molecular complexity index is 1030. The second kappa shape index (κ2) is 10.0. The Balaban J connectivity index is 1.74. The van der Waals surface area contributed by atoms with Gasteiger partial charge in [-0.3, -0.25) is 9.59 Å². The van der Waals surface area contributed by atoms with Crippen LogP contribution in [0.15, 0.2) is 53.4 Å². The molecule has 31 heavy (non-hydrogen) atoms. The van der Waals surface area contributed by atoms with Crippen LogP contribution in [0.25, 0.3) is 0 Å². The molecule has 2 amide bonds. The highest BCUT2D eigenvalue weighted by atomic mass is 32.2. The van der Waals surface area contributed by atoms with Crippen LogP contribution in [0.1, 0.15) is 35.2 Å². The number of benzene rings is 2. The Kier molecular flexibility index (Phi) is 7.40. The van der Waals surface area contributed by atoms with Crippen LogP contribution >= 0.6 is 0 Å². The Labute approximate surface area is 181 Å². The lowest BCUT2D eigenvalue weighted by atomic mass is 9.98. The van der Waals surface area contributed by atoms with Crippen molar-refractivity contribution < 1.29 is 22.4 Å². The lowest BCUT2D eigenvalue weighted by Gasteiger charge is -2.26. The molecule has 3 rings (SSSR count). The minimum Gasteiger partial charge on any atom is -0.369 e. The number of rotatable bonds is 8. The van der Waals surface area contributed by atoms with E-state index in [0.29, 0.717) is 18.7 Å². The SMILES string of the molecule is NC(=O)C(CNC(=O)c1ccccc1S(=O)(=O)N1CCCCC1)Cc1ccc(F)cc1. The van der Waals surface area contributed by atoms with Gasteiger partial charge in [0.15, 0.2) is 0 Å². The first-order valence-corrected chi connectivity index (χ1v) is 11.6. The summed E-state index contributed by atoms with van der Waals surface area (Å²) in [5, 5.41) is 2.63.